The molecule has 0 saturated carbocycles. The summed E-state index contributed by atoms with van der Waals surface area (Å²) >= 11 is 4.78. The van der Waals surface area contributed by atoms with Gasteiger partial charge in [-0.3, -0.25) is 4.79 Å². The number of carbonyl (C=O) groups is 1. The average Bonchev–Trinajstić information content (AvgIpc) is 3.04. The van der Waals surface area contributed by atoms with Crippen molar-refractivity contribution in [3.05, 3.63) is 57.5 Å². The molecule has 7 heteroatoms. The topological polar surface area (TPSA) is 60.5 Å². The first-order valence-corrected chi connectivity index (χ1v) is 9.40. The molecule has 0 unspecified atom stereocenters. The van der Waals surface area contributed by atoms with Gasteiger partial charge in [-0.15, -0.1) is 11.3 Å². The van der Waals surface area contributed by atoms with Crippen LogP contribution in [0.5, 0.6) is 11.5 Å². The first-order valence-electron chi connectivity index (χ1n) is 7.79. The molecule has 0 aliphatic heterocycles. The fourth-order valence-electron chi connectivity index (χ4n) is 2.44. The molecule has 0 spiro atoms. The van der Waals surface area contributed by atoms with Crippen molar-refractivity contribution < 1.29 is 14.3 Å². The lowest BCUT2D eigenvalue weighted by atomic mass is 10.2. The first kappa shape index (κ1) is 18.4. The van der Waals surface area contributed by atoms with Crippen molar-refractivity contribution in [2.75, 3.05) is 19.5 Å². The standard InChI is InChI=1S/C19H17BrN2O3S/c1-11-17(18(23)22-14-7-5-4-6-13(14)20)26-19(21-11)12-8-9-15(24-2)16(10-12)25-3/h4-10H,1-3H3,(H,22,23). The van der Waals surface area contributed by atoms with E-state index in [4.69, 9.17) is 9.47 Å². The monoisotopic (exact) mass is 432 g/mol. The van der Waals surface area contributed by atoms with E-state index in [-0.39, 0.29) is 5.91 Å². The molecule has 5 nitrogen and oxygen atoms in total. The Kier molecular flexibility index (Phi) is 5.58. The van der Waals surface area contributed by atoms with E-state index in [0.717, 1.165) is 20.7 Å². The maximum atomic E-state index is 12.6. The minimum absolute atomic E-state index is 0.182. The second kappa shape index (κ2) is 7.88. The Morgan fingerprint density at radius 2 is 1.85 bits per heavy atom. The van der Waals surface area contributed by atoms with Gasteiger partial charge in [-0.2, -0.15) is 0 Å². The number of amides is 1. The van der Waals surface area contributed by atoms with E-state index >= 15 is 0 Å². The van der Waals surface area contributed by atoms with Gasteiger partial charge in [0.2, 0.25) is 0 Å². The second-order valence-electron chi connectivity index (χ2n) is 5.44. The van der Waals surface area contributed by atoms with Crippen molar-refractivity contribution in [2.45, 2.75) is 6.92 Å². The van der Waals surface area contributed by atoms with Crippen LogP contribution >= 0.6 is 27.3 Å². The number of rotatable bonds is 5. The highest BCUT2D eigenvalue weighted by atomic mass is 79.9. The van der Waals surface area contributed by atoms with Crippen molar-refractivity contribution in [3.63, 3.8) is 0 Å². The number of nitrogens with zero attached hydrogens (tertiary/aromatic N) is 1. The van der Waals surface area contributed by atoms with Crippen LogP contribution in [0, 0.1) is 6.92 Å². The number of carbonyl (C=O) groups excluding carboxylic acids is 1. The van der Waals surface area contributed by atoms with Gasteiger partial charge < -0.3 is 14.8 Å². The molecule has 0 aliphatic rings. The number of aromatic nitrogens is 1. The molecular formula is C19H17BrN2O3S. The highest BCUT2D eigenvalue weighted by Crippen LogP contribution is 2.35. The van der Waals surface area contributed by atoms with E-state index in [1.807, 2.05) is 49.4 Å². The van der Waals surface area contributed by atoms with Crippen LogP contribution in [0.1, 0.15) is 15.4 Å². The minimum Gasteiger partial charge on any atom is -0.493 e. The summed E-state index contributed by atoms with van der Waals surface area (Å²) in [5.41, 5.74) is 2.28. The van der Waals surface area contributed by atoms with Gasteiger partial charge >= 0.3 is 0 Å². The van der Waals surface area contributed by atoms with Gasteiger partial charge in [-0.1, -0.05) is 12.1 Å². The average molecular weight is 433 g/mol. The normalized spacial score (nSPS) is 10.5. The lowest BCUT2D eigenvalue weighted by molar-refractivity contribution is 0.102. The zero-order chi connectivity index (χ0) is 18.7. The quantitative estimate of drug-likeness (QED) is 0.605. The Balaban J connectivity index is 1.90. The summed E-state index contributed by atoms with van der Waals surface area (Å²) in [5, 5.41) is 3.66. The number of aryl methyl sites for hydroxylation is 1. The number of hydrogen-bond acceptors (Lipinski definition) is 5. The van der Waals surface area contributed by atoms with Crippen LogP contribution in [-0.4, -0.2) is 25.1 Å². The maximum Gasteiger partial charge on any atom is 0.267 e. The van der Waals surface area contributed by atoms with Gasteiger partial charge in [0.25, 0.3) is 5.91 Å². The number of para-hydroxylation sites is 1. The van der Waals surface area contributed by atoms with Gasteiger partial charge in [-0.05, 0) is 53.2 Å². The minimum atomic E-state index is -0.182. The lowest BCUT2D eigenvalue weighted by Gasteiger charge is -2.08. The molecule has 3 aromatic rings. The Morgan fingerprint density at radius 1 is 1.12 bits per heavy atom. The Bertz CT molecular complexity index is 956. The third kappa shape index (κ3) is 3.73. The van der Waals surface area contributed by atoms with E-state index in [1.165, 1.54) is 11.3 Å². The van der Waals surface area contributed by atoms with Gasteiger partial charge in [0.1, 0.15) is 9.88 Å². The second-order valence-corrected chi connectivity index (χ2v) is 7.29. The van der Waals surface area contributed by atoms with Crippen molar-refractivity contribution in [1.29, 1.82) is 0 Å². The third-order valence-corrected chi connectivity index (χ3v) is 5.65. The smallest absolute Gasteiger partial charge is 0.267 e. The predicted molar refractivity (Wildman–Crippen MR) is 107 cm³/mol. The zero-order valence-corrected chi connectivity index (χ0v) is 16.9. The maximum absolute atomic E-state index is 12.6. The van der Waals surface area contributed by atoms with E-state index in [2.05, 4.69) is 26.2 Å². The van der Waals surface area contributed by atoms with Crippen molar-refractivity contribution >= 4 is 38.9 Å². The molecular weight excluding hydrogens is 416 g/mol. The summed E-state index contributed by atoms with van der Waals surface area (Å²) in [6.45, 7) is 1.83. The number of nitrogens with one attached hydrogen (secondary N) is 1. The number of benzene rings is 2. The van der Waals surface area contributed by atoms with Crippen molar-refractivity contribution in [2.24, 2.45) is 0 Å². The molecule has 0 aliphatic carbocycles. The molecule has 0 saturated heterocycles. The van der Waals surface area contributed by atoms with Crippen molar-refractivity contribution in [1.82, 2.24) is 4.98 Å². The summed E-state index contributed by atoms with van der Waals surface area (Å²) in [5.74, 6) is 1.09. The van der Waals surface area contributed by atoms with Crippen LogP contribution in [0.15, 0.2) is 46.9 Å². The molecule has 1 aromatic heterocycles. The molecule has 134 valence electrons. The van der Waals surface area contributed by atoms with Crippen LogP contribution in [0.25, 0.3) is 10.6 Å². The summed E-state index contributed by atoms with van der Waals surface area (Å²) in [6.07, 6.45) is 0. The molecule has 2 aromatic carbocycles. The summed E-state index contributed by atoms with van der Waals surface area (Å²) in [4.78, 5) is 17.8. The summed E-state index contributed by atoms with van der Waals surface area (Å²) in [6, 6.07) is 13.1. The molecule has 3 rings (SSSR count). The van der Waals surface area contributed by atoms with E-state index in [9.17, 15) is 4.79 Å². The zero-order valence-electron chi connectivity index (χ0n) is 14.5. The molecule has 1 amide bonds. The van der Waals surface area contributed by atoms with Gasteiger partial charge in [0.05, 0.1) is 25.6 Å². The SMILES string of the molecule is COc1ccc(-c2nc(C)c(C(=O)Nc3ccccc3Br)s2)cc1OC. The van der Waals surface area contributed by atoms with Crippen LogP contribution in [0.4, 0.5) is 5.69 Å². The van der Waals surface area contributed by atoms with Crippen LogP contribution < -0.4 is 14.8 Å². The largest absolute Gasteiger partial charge is 0.493 e. The Morgan fingerprint density at radius 3 is 2.54 bits per heavy atom. The number of halogens is 1. The number of anilines is 1. The summed E-state index contributed by atoms with van der Waals surface area (Å²) < 4.78 is 11.4. The fraction of sp³-hybridized carbons (Fsp3) is 0.158. The Labute approximate surface area is 164 Å². The van der Waals surface area contributed by atoms with E-state index < -0.39 is 0 Å². The molecule has 1 heterocycles. The predicted octanol–water partition coefficient (Wildman–Crippen LogP) is 5.15. The van der Waals surface area contributed by atoms with Gasteiger partial charge in [0, 0.05) is 10.0 Å². The number of ether oxygens (including phenoxy) is 2. The van der Waals surface area contributed by atoms with Crippen molar-refractivity contribution in [3.8, 4) is 22.1 Å². The van der Waals surface area contributed by atoms with Crippen LogP contribution in [0.2, 0.25) is 0 Å². The number of hydrogen-bond donors (Lipinski definition) is 1. The highest BCUT2D eigenvalue weighted by molar-refractivity contribution is 9.10. The fourth-order valence-corrected chi connectivity index (χ4v) is 3.78. The Hall–Kier alpha value is -2.38. The van der Waals surface area contributed by atoms with Gasteiger partial charge in [0.15, 0.2) is 11.5 Å². The molecule has 26 heavy (non-hydrogen) atoms. The van der Waals surface area contributed by atoms with Crippen LogP contribution in [-0.2, 0) is 0 Å². The summed E-state index contributed by atoms with van der Waals surface area (Å²) in [7, 11) is 3.18. The molecule has 0 atom stereocenters. The number of methoxy groups -OCH3 is 2. The van der Waals surface area contributed by atoms with Gasteiger partial charge in [-0.25, -0.2) is 4.98 Å². The third-order valence-electron chi connectivity index (χ3n) is 3.76. The first-order chi connectivity index (χ1) is 12.5. The van der Waals surface area contributed by atoms with Crippen LogP contribution in [0.3, 0.4) is 0 Å². The number of thiazole rings is 1. The molecule has 0 bridgehead atoms. The molecule has 1 N–H and O–H groups in total. The van der Waals surface area contributed by atoms with E-state index in [0.29, 0.717) is 22.1 Å². The lowest BCUT2D eigenvalue weighted by Crippen LogP contribution is -2.11. The highest BCUT2D eigenvalue weighted by Gasteiger charge is 2.18. The van der Waals surface area contributed by atoms with E-state index in [1.54, 1.807) is 14.2 Å². The molecule has 0 fully saturated rings. The molecule has 0 radical (unpaired) electrons.